The molecule has 0 aliphatic carbocycles. The summed E-state index contributed by atoms with van der Waals surface area (Å²) in [7, 11) is 0. The average Bonchev–Trinajstić information content (AvgIpc) is 2.34. The Hall–Kier alpha value is -0.600. The van der Waals surface area contributed by atoms with Crippen molar-refractivity contribution in [2.45, 2.75) is 0 Å². The van der Waals surface area contributed by atoms with Crippen molar-refractivity contribution in [2.75, 3.05) is 6.61 Å². The van der Waals surface area contributed by atoms with Gasteiger partial charge in [-0.2, -0.15) is 11.3 Å². The summed E-state index contributed by atoms with van der Waals surface area (Å²) in [4.78, 5) is 0. The SMILES string of the molecule is OC/C=C\c1ccsc1. The molecule has 0 saturated heterocycles. The Morgan fingerprint density at radius 2 is 2.56 bits per heavy atom. The molecule has 0 radical (unpaired) electrons. The van der Waals surface area contributed by atoms with Crippen LogP contribution in [0.15, 0.2) is 22.9 Å². The summed E-state index contributed by atoms with van der Waals surface area (Å²) in [6, 6.07) is 2.01. The zero-order chi connectivity index (χ0) is 6.53. The molecule has 0 saturated carbocycles. The van der Waals surface area contributed by atoms with E-state index in [1.807, 2.05) is 22.9 Å². The van der Waals surface area contributed by atoms with Crippen LogP contribution in [0, 0.1) is 0 Å². The first-order valence-electron chi connectivity index (χ1n) is 2.73. The molecule has 0 unspecified atom stereocenters. The van der Waals surface area contributed by atoms with Crippen LogP contribution >= 0.6 is 11.3 Å². The molecule has 0 spiro atoms. The molecule has 1 heterocycles. The van der Waals surface area contributed by atoms with Crippen molar-refractivity contribution in [3.63, 3.8) is 0 Å². The van der Waals surface area contributed by atoms with Crippen LogP contribution < -0.4 is 0 Å². The summed E-state index contributed by atoms with van der Waals surface area (Å²) in [6.45, 7) is 0.121. The highest BCUT2D eigenvalue weighted by Gasteiger charge is 1.81. The highest BCUT2D eigenvalue weighted by Crippen LogP contribution is 2.06. The van der Waals surface area contributed by atoms with E-state index in [-0.39, 0.29) is 6.61 Å². The lowest BCUT2D eigenvalue weighted by Crippen LogP contribution is -1.68. The third-order valence-corrected chi connectivity index (χ3v) is 1.66. The molecule has 0 aliphatic heterocycles. The van der Waals surface area contributed by atoms with Gasteiger partial charge in [0.05, 0.1) is 6.61 Å². The topological polar surface area (TPSA) is 20.2 Å². The van der Waals surface area contributed by atoms with Crippen molar-refractivity contribution in [1.82, 2.24) is 0 Å². The van der Waals surface area contributed by atoms with E-state index in [1.165, 1.54) is 0 Å². The molecule has 48 valence electrons. The summed E-state index contributed by atoms with van der Waals surface area (Å²) in [6.07, 6.45) is 3.62. The van der Waals surface area contributed by atoms with Gasteiger partial charge >= 0.3 is 0 Å². The third-order valence-electron chi connectivity index (χ3n) is 0.959. The van der Waals surface area contributed by atoms with Crippen LogP contribution in [-0.2, 0) is 0 Å². The van der Waals surface area contributed by atoms with Crippen LogP contribution in [0.3, 0.4) is 0 Å². The fourth-order valence-electron chi connectivity index (χ4n) is 0.559. The van der Waals surface area contributed by atoms with Crippen molar-refractivity contribution >= 4 is 17.4 Å². The number of thiophene rings is 1. The highest BCUT2D eigenvalue weighted by molar-refractivity contribution is 7.08. The van der Waals surface area contributed by atoms with E-state index >= 15 is 0 Å². The molecule has 1 nitrogen and oxygen atoms in total. The van der Waals surface area contributed by atoms with Gasteiger partial charge in [0.1, 0.15) is 0 Å². The van der Waals surface area contributed by atoms with Crippen LogP contribution in [0.1, 0.15) is 5.56 Å². The Labute approximate surface area is 58.3 Å². The maximum Gasteiger partial charge on any atom is 0.0615 e. The second kappa shape index (κ2) is 3.43. The Balaban J connectivity index is 2.57. The number of aliphatic hydroxyl groups excluding tert-OH is 1. The van der Waals surface area contributed by atoms with Crippen LogP contribution in [-0.4, -0.2) is 11.7 Å². The van der Waals surface area contributed by atoms with Crippen molar-refractivity contribution in [2.24, 2.45) is 0 Å². The fraction of sp³-hybridized carbons (Fsp3) is 0.143. The molecule has 0 bridgehead atoms. The molecule has 9 heavy (non-hydrogen) atoms. The van der Waals surface area contributed by atoms with Gasteiger partial charge in [-0.25, -0.2) is 0 Å². The van der Waals surface area contributed by atoms with Gasteiger partial charge in [0.15, 0.2) is 0 Å². The molecule has 2 heteroatoms. The maximum atomic E-state index is 8.38. The van der Waals surface area contributed by atoms with Gasteiger partial charge in [-0.05, 0) is 22.4 Å². The first-order chi connectivity index (χ1) is 4.43. The summed E-state index contributed by atoms with van der Waals surface area (Å²) >= 11 is 1.66. The normalized spacial score (nSPS) is 10.8. The zero-order valence-electron chi connectivity index (χ0n) is 4.95. The molecular weight excluding hydrogens is 132 g/mol. The second-order valence-corrected chi connectivity index (χ2v) is 2.42. The molecule has 0 atom stereocenters. The molecule has 1 N–H and O–H groups in total. The van der Waals surface area contributed by atoms with Gasteiger partial charge in [-0.15, -0.1) is 0 Å². The minimum absolute atomic E-state index is 0.121. The largest absolute Gasteiger partial charge is 0.392 e. The second-order valence-electron chi connectivity index (χ2n) is 1.64. The summed E-state index contributed by atoms with van der Waals surface area (Å²) in [5.74, 6) is 0. The van der Waals surface area contributed by atoms with E-state index in [0.29, 0.717) is 0 Å². The smallest absolute Gasteiger partial charge is 0.0615 e. The van der Waals surface area contributed by atoms with Gasteiger partial charge in [0.25, 0.3) is 0 Å². The fourth-order valence-corrected chi connectivity index (χ4v) is 1.19. The summed E-state index contributed by atoms with van der Waals surface area (Å²) < 4.78 is 0. The number of rotatable bonds is 2. The van der Waals surface area contributed by atoms with Gasteiger partial charge in [-0.3, -0.25) is 0 Å². The van der Waals surface area contributed by atoms with Crippen molar-refractivity contribution in [1.29, 1.82) is 0 Å². The quantitative estimate of drug-likeness (QED) is 0.663. The highest BCUT2D eigenvalue weighted by atomic mass is 32.1. The Morgan fingerprint density at radius 1 is 1.67 bits per heavy atom. The van der Waals surface area contributed by atoms with Crippen molar-refractivity contribution in [3.8, 4) is 0 Å². The van der Waals surface area contributed by atoms with E-state index in [2.05, 4.69) is 0 Å². The minimum Gasteiger partial charge on any atom is -0.392 e. The summed E-state index contributed by atoms with van der Waals surface area (Å²) in [5, 5.41) is 12.4. The lowest BCUT2D eigenvalue weighted by molar-refractivity contribution is 0.343. The predicted molar refractivity (Wildman–Crippen MR) is 40.4 cm³/mol. The molecule has 0 aliphatic rings. The van der Waals surface area contributed by atoms with Gasteiger partial charge in [0, 0.05) is 0 Å². The molecule has 0 amide bonds. The molecule has 0 aromatic carbocycles. The lowest BCUT2D eigenvalue weighted by Gasteiger charge is -1.78. The van der Waals surface area contributed by atoms with E-state index in [0.717, 1.165) is 5.56 Å². The minimum atomic E-state index is 0.121. The van der Waals surface area contributed by atoms with E-state index in [1.54, 1.807) is 17.4 Å². The molecule has 0 fully saturated rings. The first kappa shape index (κ1) is 6.52. The molecular formula is C7H8OS. The van der Waals surface area contributed by atoms with Gasteiger partial charge in [0.2, 0.25) is 0 Å². The van der Waals surface area contributed by atoms with Crippen molar-refractivity contribution in [3.05, 3.63) is 28.5 Å². The Kier molecular flexibility index (Phi) is 2.48. The van der Waals surface area contributed by atoms with E-state index < -0.39 is 0 Å². The van der Waals surface area contributed by atoms with Crippen LogP contribution in [0.4, 0.5) is 0 Å². The van der Waals surface area contributed by atoms with Gasteiger partial charge < -0.3 is 5.11 Å². The van der Waals surface area contributed by atoms with Crippen LogP contribution in [0.5, 0.6) is 0 Å². The average molecular weight is 140 g/mol. The van der Waals surface area contributed by atoms with Crippen molar-refractivity contribution < 1.29 is 5.11 Å². The zero-order valence-corrected chi connectivity index (χ0v) is 5.77. The molecule has 1 aromatic heterocycles. The standard InChI is InChI=1S/C7H8OS/c8-4-1-2-7-3-5-9-6-7/h1-3,5-6,8H,4H2/b2-1-. The number of hydrogen-bond acceptors (Lipinski definition) is 2. The molecule has 1 rings (SSSR count). The van der Waals surface area contributed by atoms with E-state index in [9.17, 15) is 0 Å². The Morgan fingerprint density at radius 3 is 3.11 bits per heavy atom. The monoisotopic (exact) mass is 140 g/mol. The van der Waals surface area contributed by atoms with Gasteiger partial charge in [-0.1, -0.05) is 12.2 Å². The lowest BCUT2D eigenvalue weighted by atomic mass is 10.3. The maximum absolute atomic E-state index is 8.38. The number of hydrogen-bond donors (Lipinski definition) is 1. The third kappa shape index (κ3) is 2.00. The van der Waals surface area contributed by atoms with E-state index in [4.69, 9.17) is 5.11 Å². The predicted octanol–water partition coefficient (Wildman–Crippen LogP) is 1.75. The number of aliphatic hydroxyl groups is 1. The first-order valence-corrected chi connectivity index (χ1v) is 3.67. The summed E-state index contributed by atoms with van der Waals surface area (Å²) in [5.41, 5.74) is 1.16. The van der Waals surface area contributed by atoms with Crippen LogP contribution in [0.2, 0.25) is 0 Å². The Bertz CT molecular complexity index is 177. The van der Waals surface area contributed by atoms with Crippen LogP contribution in [0.25, 0.3) is 6.08 Å². The molecule has 1 aromatic rings.